The molecule has 0 radical (unpaired) electrons. The van der Waals surface area contributed by atoms with Gasteiger partial charge < -0.3 is 39.7 Å². The number of esters is 1. The third-order valence-electron chi connectivity index (χ3n) is 6.45. The minimum Gasteiger partial charge on any atom is -0.458 e. The topological polar surface area (TPSA) is 146 Å². The Morgan fingerprint density at radius 3 is 2.47 bits per heavy atom. The zero-order valence-electron chi connectivity index (χ0n) is 17.4. The molecule has 30 heavy (non-hydrogen) atoms. The first kappa shape index (κ1) is 23.3. The molecule has 9 heteroatoms. The fraction of sp³-hybridized carbons (Fsp3) is 0.762. The van der Waals surface area contributed by atoms with E-state index < -0.39 is 55.6 Å². The highest BCUT2D eigenvalue weighted by atomic mass is 16.7. The average molecular weight is 428 g/mol. The Labute approximate surface area is 175 Å². The molecule has 2 saturated heterocycles. The molecule has 0 aromatic heterocycles. The fourth-order valence-electron chi connectivity index (χ4n) is 4.21. The highest BCUT2D eigenvalue weighted by Gasteiger charge is 2.46. The third-order valence-corrected chi connectivity index (χ3v) is 6.45. The molecule has 10 unspecified atom stereocenters. The molecule has 0 bridgehead atoms. The van der Waals surface area contributed by atoms with Crippen LogP contribution in [0.1, 0.15) is 33.6 Å². The van der Waals surface area contributed by atoms with Gasteiger partial charge in [-0.3, -0.25) is 4.79 Å². The van der Waals surface area contributed by atoms with E-state index in [2.05, 4.69) is 0 Å². The lowest BCUT2D eigenvalue weighted by molar-refractivity contribution is -0.308. The molecule has 0 aromatic rings. The number of hydrogen-bond donors (Lipinski definition) is 5. The largest absolute Gasteiger partial charge is 0.458 e. The van der Waals surface area contributed by atoms with E-state index in [1.807, 2.05) is 13.0 Å². The number of rotatable bonds is 3. The Morgan fingerprint density at radius 1 is 1.10 bits per heavy atom. The summed E-state index contributed by atoms with van der Waals surface area (Å²) in [5.41, 5.74) is 1.47. The van der Waals surface area contributed by atoms with Crippen molar-refractivity contribution in [3.8, 4) is 0 Å². The Hall–Kier alpha value is -1.33. The van der Waals surface area contributed by atoms with Gasteiger partial charge in [0, 0.05) is 5.92 Å². The zero-order chi connectivity index (χ0) is 22.2. The van der Waals surface area contributed by atoms with Crippen molar-refractivity contribution in [3.63, 3.8) is 0 Å². The smallest absolute Gasteiger partial charge is 0.309 e. The van der Waals surface area contributed by atoms with E-state index in [-0.39, 0.29) is 17.8 Å². The highest BCUT2D eigenvalue weighted by molar-refractivity contribution is 5.75. The van der Waals surface area contributed by atoms with Gasteiger partial charge in [0.1, 0.15) is 30.5 Å². The summed E-state index contributed by atoms with van der Waals surface area (Å²) in [6.45, 7) is 4.85. The van der Waals surface area contributed by atoms with Crippen molar-refractivity contribution in [2.75, 3.05) is 6.61 Å². The molecule has 2 fully saturated rings. The van der Waals surface area contributed by atoms with Gasteiger partial charge in [0.05, 0.1) is 24.7 Å². The molecule has 2 heterocycles. The molecule has 10 atom stereocenters. The number of fused-ring (bicyclic) bond motifs is 1. The Balaban J connectivity index is 1.85. The second kappa shape index (κ2) is 9.44. The zero-order valence-corrected chi connectivity index (χ0v) is 17.4. The van der Waals surface area contributed by atoms with Gasteiger partial charge >= 0.3 is 5.97 Å². The molecular formula is C21H32O9. The maximum Gasteiger partial charge on any atom is 0.309 e. The first-order valence-electron chi connectivity index (χ1n) is 10.3. The van der Waals surface area contributed by atoms with Gasteiger partial charge in [-0.2, -0.15) is 0 Å². The summed E-state index contributed by atoms with van der Waals surface area (Å²) in [7, 11) is 0. The standard InChI is InChI=1S/C21H32O9/c1-9-4-5-14(29-21-19(26)18(25)17(24)16(8-22)30-21)10(2)6-15-12(7-13(9)23)11(3)20(27)28-15/h4,6,11-19,21-26H,5,7-8H2,1-3H3. The number of carbonyl (C=O) groups excluding carboxylic acids is 1. The fourth-order valence-corrected chi connectivity index (χ4v) is 4.21. The van der Waals surface area contributed by atoms with Crippen LogP contribution < -0.4 is 0 Å². The first-order valence-corrected chi connectivity index (χ1v) is 10.3. The van der Waals surface area contributed by atoms with Crippen molar-refractivity contribution in [1.82, 2.24) is 0 Å². The summed E-state index contributed by atoms with van der Waals surface area (Å²) >= 11 is 0. The lowest BCUT2D eigenvalue weighted by Crippen LogP contribution is -2.59. The molecule has 9 nitrogen and oxygen atoms in total. The minimum absolute atomic E-state index is 0.184. The molecule has 2 aliphatic heterocycles. The van der Waals surface area contributed by atoms with E-state index >= 15 is 0 Å². The van der Waals surface area contributed by atoms with Crippen molar-refractivity contribution in [2.24, 2.45) is 11.8 Å². The van der Waals surface area contributed by atoms with Gasteiger partial charge in [0.2, 0.25) is 0 Å². The summed E-state index contributed by atoms with van der Waals surface area (Å²) in [4.78, 5) is 12.1. The number of aliphatic hydroxyl groups is 5. The molecule has 0 spiro atoms. The van der Waals surface area contributed by atoms with E-state index in [9.17, 15) is 30.3 Å². The Morgan fingerprint density at radius 2 is 1.80 bits per heavy atom. The van der Waals surface area contributed by atoms with Crippen LogP contribution in [-0.4, -0.2) is 87.1 Å². The summed E-state index contributed by atoms with van der Waals surface area (Å²) in [5.74, 6) is -0.837. The summed E-state index contributed by atoms with van der Waals surface area (Å²) in [6.07, 6.45) is -4.34. The van der Waals surface area contributed by atoms with Crippen LogP contribution in [0.15, 0.2) is 23.3 Å². The molecule has 3 aliphatic rings. The molecule has 1 aliphatic carbocycles. The SMILES string of the molecule is CC1=CCC(OC2OC(CO)C(O)C(O)C2O)C(C)=CC2OC(=O)C(C)C2CC1O. The molecular weight excluding hydrogens is 396 g/mol. The van der Waals surface area contributed by atoms with Gasteiger partial charge in [-0.15, -0.1) is 0 Å². The number of ether oxygens (including phenoxy) is 3. The van der Waals surface area contributed by atoms with Crippen LogP contribution in [0.4, 0.5) is 0 Å². The lowest BCUT2D eigenvalue weighted by atomic mass is 9.83. The minimum atomic E-state index is -1.54. The van der Waals surface area contributed by atoms with Crippen LogP contribution in [0.25, 0.3) is 0 Å². The molecule has 170 valence electrons. The third kappa shape index (κ3) is 4.62. The van der Waals surface area contributed by atoms with Crippen molar-refractivity contribution in [1.29, 1.82) is 0 Å². The van der Waals surface area contributed by atoms with Crippen LogP contribution in [0.5, 0.6) is 0 Å². The number of aliphatic hydroxyl groups excluding tert-OH is 5. The number of hydrogen-bond acceptors (Lipinski definition) is 9. The molecule has 0 amide bonds. The first-order chi connectivity index (χ1) is 14.1. The van der Waals surface area contributed by atoms with E-state index in [0.717, 1.165) is 11.1 Å². The molecule has 0 aromatic carbocycles. The molecule has 5 N–H and O–H groups in total. The van der Waals surface area contributed by atoms with E-state index in [1.54, 1.807) is 19.9 Å². The summed E-state index contributed by atoms with van der Waals surface area (Å²) in [5, 5.41) is 50.2. The Kier molecular flexibility index (Phi) is 7.34. The number of carbonyl (C=O) groups is 1. The predicted octanol–water partition coefficient (Wildman–Crippen LogP) is -0.603. The monoisotopic (exact) mass is 428 g/mol. The average Bonchev–Trinajstić information content (AvgIpc) is 2.97. The van der Waals surface area contributed by atoms with Crippen LogP contribution >= 0.6 is 0 Å². The van der Waals surface area contributed by atoms with Gasteiger partial charge in [-0.1, -0.05) is 13.0 Å². The quantitative estimate of drug-likeness (QED) is 0.294. The van der Waals surface area contributed by atoms with Gasteiger partial charge in [0.25, 0.3) is 0 Å². The maximum absolute atomic E-state index is 12.1. The van der Waals surface area contributed by atoms with Crippen molar-refractivity contribution >= 4 is 5.97 Å². The van der Waals surface area contributed by atoms with Crippen LogP contribution in [0.2, 0.25) is 0 Å². The molecule has 3 rings (SSSR count). The lowest BCUT2D eigenvalue weighted by Gasteiger charge is -2.41. The van der Waals surface area contributed by atoms with Crippen molar-refractivity contribution in [3.05, 3.63) is 23.3 Å². The van der Waals surface area contributed by atoms with E-state index in [1.165, 1.54) is 0 Å². The van der Waals surface area contributed by atoms with Gasteiger partial charge in [0.15, 0.2) is 6.29 Å². The second-order valence-corrected chi connectivity index (χ2v) is 8.52. The highest BCUT2D eigenvalue weighted by Crippen LogP contribution is 2.36. The predicted molar refractivity (Wildman–Crippen MR) is 104 cm³/mol. The van der Waals surface area contributed by atoms with Gasteiger partial charge in [-0.05, 0) is 43.9 Å². The van der Waals surface area contributed by atoms with Gasteiger partial charge in [-0.25, -0.2) is 0 Å². The van der Waals surface area contributed by atoms with Crippen molar-refractivity contribution < 1.29 is 44.5 Å². The second-order valence-electron chi connectivity index (χ2n) is 8.52. The van der Waals surface area contributed by atoms with Crippen LogP contribution in [0.3, 0.4) is 0 Å². The van der Waals surface area contributed by atoms with Crippen molar-refractivity contribution in [2.45, 2.75) is 82.6 Å². The van der Waals surface area contributed by atoms with E-state index in [4.69, 9.17) is 14.2 Å². The normalized spacial score (nSPS) is 45.3. The summed E-state index contributed by atoms with van der Waals surface area (Å²) < 4.78 is 16.9. The van der Waals surface area contributed by atoms with E-state index in [0.29, 0.717) is 12.8 Å². The maximum atomic E-state index is 12.1. The van der Waals surface area contributed by atoms with Crippen LogP contribution in [-0.2, 0) is 19.0 Å². The molecule has 0 saturated carbocycles. The van der Waals surface area contributed by atoms with Crippen LogP contribution in [0, 0.1) is 11.8 Å². The Bertz CT molecular complexity index is 688. The summed E-state index contributed by atoms with van der Waals surface area (Å²) in [6, 6.07) is 0.